The van der Waals surface area contributed by atoms with Crippen LogP contribution in [-0.2, 0) is 6.54 Å². The minimum Gasteiger partial charge on any atom is -0.493 e. The minimum absolute atomic E-state index is 0. The van der Waals surface area contributed by atoms with E-state index in [1.54, 1.807) is 21.3 Å². The predicted octanol–water partition coefficient (Wildman–Crippen LogP) is 4.29. The molecule has 1 unspecified atom stereocenters. The number of benzene rings is 2. The van der Waals surface area contributed by atoms with Crippen LogP contribution < -0.4 is 24.8 Å². The quantitative estimate of drug-likeness (QED) is 0.357. The van der Waals surface area contributed by atoms with Crippen molar-refractivity contribution in [2.75, 3.05) is 21.3 Å². The number of ether oxygens (including phenoxy) is 3. The second kappa shape index (κ2) is 10.0. The number of hydrogen-bond acceptors (Lipinski definition) is 4. The van der Waals surface area contributed by atoms with E-state index in [-0.39, 0.29) is 35.6 Å². The van der Waals surface area contributed by atoms with E-state index in [1.165, 1.54) is 0 Å². The van der Waals surface area contributed by atoms with Gasteiger partial charge in [0.05, 0.1) is 20.3 Å². The van der Waals surface area contributed by atoms with E-state index in [0.717, 1.165) is 35.0 Å². The van der Waals surface area contributed by atoms with E-state index < -0.39 is 0 Å². The second-order valence-electron chi connectivity index (χ2n) is 7.38. The minimum atomic E-state index is -0.249. The van der Waals surface area contributed by atoms with Crippen molar-refractivity contribution >= 4 is 29.9 Å². The van der Waals surface area contributed by atoms with Crippen LogP contribution in [0.1, 0.15) is 37.4 Å². The van der Waals surface area contributed by atoms with Gasteiger partial charge >= 0.3 is 0 Å². The number of aliphatic imine (C=N–C) groups is 1. The molecule has 3 rings (SSSR count). The summed E-state index contributed by atoms with van der Waals surface area (Å²) in [7, 11) is 5.06. The van der Waals surface area contributed by atoms with Crippen LogP contribution in [0.15, 0.2) is 47.5 Å². The van der Waals surface area contributed by atoms with Crippen LogP contribution in [-0.4, -0.2) is 32.8 Å². The zero-order valence-corrected chi connectivity index (χ0v) is 19.9. The van der Waals surface area contributed by atoms with Gasteiger partial charge in [-0.25, -0.2) is 0 Å². The van der Waals surface area contributed by atoms with Crippen molar-refractivity contribution in [3.8, 4) is 17.2 Å². The Kier molecular flexibility index (Phi) is 8.01. The Labute approximate surface area is 190 Å². The van der Waals surface area contributed by atoms with Gasteiger partial charge in [-0.15, -0.1) is 24.0 Å². The third kappa shape index (κ3) is 5.46. The highest BCUT2D eigenvalue weighted by atomic mass is 127. The smallest absolute Gasteiger partial charge is 0.191 e. The standard InChI is InChI=1S/C22H29N3O3.HI/c1-22(2)13-17(16-10-6-7-11-18(16)28-22)25-21(23-3)24-14-15-9-8-12-19(26-4)20(15)27-5;/h6-12,17H,13-14H2,1-5H3,(H2,23,24,25);1H. The van der Waals surface area contributed by atoms with E-state index in [2.05, 4.69) is 35.5 Å². The molecule has 0 fully saturated rings. The summed E-state index contributed by atoms with van der Waals surface area (Å²) in [5.41, 5.74) is 1.89. The van der Waals surface area contributed by atoms with Crippen molar-refractivity contribution in [2.24, 2.45) is 4.99 Å². The third-order valence-electron chi connectivity index (χ3n) is 4.84. The lowest BCUT2D eigenvalue weighted by Crippen LogP contribution is -2.45. The van der Waals surface area contributed by atoms with Crippen LogP contribution in [0.4, 0.5) is 0 Å². The molecule has 7 heteroatoms. The van der Waals surface area contributed by atoms with E-state index in [1.807, 2.05) is 36.4 Å². The second-order valence-corrected chi connectivity index (χ2v) is 7.38. The highest BCUT2D eigenvalue weighted by molar-refractivity contribution is 14.0. The van der Waals surface area contributed by atoms with Gasteiger partial charge in [0, 0.05) is 31.1 Å². The van der Waals surface area contributed by atoms with Gasteiger partial charge in [0.1, 0.15) is 11.4 Å². The molecule has 0 amide bonds. The first-order valence-electron chi connectivity index (χ1n) is 9.42. The Morgan fingerprint density at radius 2 is 1.90 bits per heavy atom. The average molecular weight is 511 g/mol. The Morgan fingerprint density at radius 1 is 1.14 bits per heavy atom. The third-order valence-corrected chi connectivity index (χ3v) is 4.84. The van der Waals surface area contributed by atoms with Gasteiger partial charge in [-0.2, -0.15) is 0 Å². The molecule has 2 aromatic rings. The first kappa shape index (κ1) is 23.1. The van der Waals surface area contributed by atoms with Crippen molar-refractivity contribution in [3.63, 3.8) is 0 Å². The zero-order chi connectivity index (χ0) is 20.1. The molecular weight excluding hydrogens is 481 g/mol. The Morgan fingerprint density at radius 3 is 2.59 bits per heavy atom. The fraction of sp³-hybridized carbons (Fsp3) is 0.409. The van der Waals surface area contributed by atoms with Gasteiger partial charge < -0.3 is 24.8 Å². The molecule has 0 bridgehead atoms. The van der Waals surface area contributed by atoms with Crippen LogP contribution in [0.5, 0.6) is 17.2 Å². The number of nitrogens with one attached hydrogen (secondary N) is 2. The largest absolute Gasteiger partial charge is 0.493 e. The number of methoxy groups -OCH3 is 2. The van der Waals surface area contributed by atoms with E-state index in [9.17, 15) is 0 Å². The number of guanidine groups is 1. The van der Waals surface area contributed by atoms with Gasteiger partial charge in [0.25, 0.3) is 0 Å². The predicted molar refractivity (Wildman–Crippen MR) is 127 cm³/mol. The lowest BCUT2D eigenvalue weighted by atomic mass is 9.90. The van der Waals surface area contributed by atoms with Crippen LogP contribution in [0, 0.1) is 0 Å². The van der Waals surface area contributed by atoms with Crippen LogP contribution >= 0.6 is 24.0 Å². The van der Waals surface area contributed by atoms with E-state index >= 15 is 0 Å². The molecule has 29 heavy (non-hydrogen) atoms. The summed E-state index contributed by atoms with van der Waals surface area (Å²) in [5.74, 6) is 3.08. The maximum absolute atomic E-state index is 6.12. The molecule has 1 atom stereocenters. The Bertz CT molecular complexity index is 855. The molecule has 0 spiro atoms. The summed E-state index contributed by atoms with van der Waals surface area (Å²) in [4.78, 5) is 4.40. The fourth-order valence-corrected chi connectivity index (χ4v) is 3.56. The first-order chi connectivity index (χ1) is 13.5. The molecule has 0 radical (unpaired) electrons. The van der Waals surface area contributed by atoms with E-state index in [4.69, 9.17) is 14.2 Å². The van der Waals surface area contributed by atoms with Gasteiger partial charge in [0.15, 0.2) is 17.5 Å². The van der Waals surface area contributed by atoms with Crippen LogP contribution in [0.3, 0.4) is 0 Å². The number of halogens is 1. The summed E-state index contributed by atoms with van der Waals surface area (Å²) in [6, 6.07) is 14.1. The molecule has 0 saturated heterocycles. The maximum Gasteiger partial charge on any atom is 0.191 e. The monoisotopic (exact) mass is 511 g/mol. The molecule has 2 N–H and O–H groups in total. The summed E-state index contributed by atoms with van der Waals surface area (Å²) in [6.07, 6.45) is 0.840. The summed E-state index contributed by atoms with van der Waals surface area (Å²) < 4.78 is 17.0. The molecule has 158 valence electrons. The van der Waals surface area contributed by atoms with Gasteiger partial charge in [0.2, 0.25) is 0 Å². The molecule has 2 aromatic carbocycles. The van der Waals surface area contributed by atoms with Crippen molar-refractivity contribution in [2.45, 2.75) is 38.5 Å². The lowest BCUT2D eigenvalue weighted by molar-refractivity contribution is 0.0694. The summed E-state index contributed by atoms with van der Waals surface area (Å²) in [5, 5.41) is 6.92. The van der Waals surface area contributed by atoms with Crippen molar-refractivity contribution in [1.29, 1.82) is 0 Å². The highest BCUT2D eigenvalue weighted by Gasteiger charge is 2.33. The van der Waals surface area contributed by atoms with Gasteiger partial charge in [-0.1, -0.05) is 30.3 Å². The molecule has 1 aliphatic heterocycles. The van der Waals surface area contributed by atoms with Crippen LogP contribution in [0.25, 0.3) is 0 Å². The summed E-state index contributed by atoms with van der Waals surface area (Å²) >= 11 is 0. The molecular formula is C22H30IN3O3. The highest BCUT2D eigenvalue weighted by Crippen LogP contribution is 2.39. The normalized spacial score (nSPS) is 17.3. The molecule has 6 nitrogen and oxygen atoms in total. The topological polar surface area (TPSA) is 64.1 Å². The number of fused-ring (bicyclic) bond motifs is 1. The zero-order valence-electron chi connectivity index (χ0n) is 17.6. The maximum atomic E-state index is 6.12. The first-order valence-corrected chi connectivity index (χ1v) is 9.42. The van der Waals surface area contributed by atoms with Gasteiger partial charge in [-0.3, -0.25) is 4.99 Å². The lowest BCUT2D eigenvalue weighted by Gasteiger charge is -2.38. The molecule has 0 saturated carbocycles. The number of hydrogen-bond donors (Lipinski definition) is 2. The number of rotatable bonds is 5. The Hall–Kier alpha value is -2.16. The Balaban J connectivity index is 0.00000300. The van der Waals surface area contributed by atoms with Gasteiger partial charge in [-0.05, 0) is 26.0 Å². The van der Waals surface area contributed by atoms with Crippen molar-refractivity contribution in [3.05, 3.63) is 53.6 Å². The SMILES string of the molecule is CN=C(NCc1cccc(OC)c1OC)NC1CC(C)(C)Oc2ccccc21.I. The number of nitrogens with zero attached hydrogens (tertiary/aromatic N) is 1. The van der Waals surface area contributed by atoms with E-state index in [0.29, 0.717) is 12.3 Å². The molecule has 1 heterocycles. The van der Waals surface area contributed by atoms with Crippen molar-refractivity contribution < 1.29 is 14.2 Å². The van der Waals surface area contributed by atoms with Crippen LogP contribution in [0.2, 0.25) is 0 Å². The molecule has 0 aliphatic carbocycles. The fourth-order valence-electron chi connectivity index (χ4n) is 3.56. The van der Waals surface area contributed by atoms with Crippen molar-refractivity contribution in [1.82, 2.24) is 10.6 Å². The summed E-state index contributed by atoms with van der Waals surface area (Å²) in [6.45, 7) is 4.78. The molecule has 1 aliphatic rings. The average Bonchev–Trinajstić information content (AvgIpc) is 2.69. The molecule has 0 aromatic heterocycles. The number of para-hydroxylation sites is 2.